The fraction of sp³-hybridized carbons (Fsp3) is 0.125. The zero-order valence-corrected chi connectivity index (χ0v) is 11.3. The first-order valence-electron chi connectivity index (χ1n) is 6.13. The molecule has 2 aromatic rings. The maximum Gasteiger partial charge on any atom is 0.338 e. The van der Waals surface area contributed by atoms with Crippen molar-refractivity contribution in [2.24, 2.45) is 4.99 Å². The van der Waals surface area contributed by atoms with Gasteiger partial charge in [0.15, 0.2) is 0 Å². The summed E-state index contributed by atoms with van der Waals surface area (Å²) >= 11 is 0. The Kier molecular flexibility index (Phi) is 4.15. The van der Waals surface area contributed by atoms with Crippen LogP contribution in [-0.2, 0) is 4.74 Å². The first-order valence-corrected chi connectivity index (χ1v) is 6.13. The Morgan fingerprint density at radius 2 is 1.95 bits per heavy atom. The summed E-state index contributed by atoms with van der Waals surface area (Å²) in [7, 11) is 1.34. The van der Waals surface area contributed by atoms with Crippen LogP contribution in [0.5, 0.6) is 5.75 Å². The van der Waals surface area contributed by atoms with Gasteiger partial charge in [0.2, 0.25) is 0 Å². The van der Waals surface area contributed by atoms with E-state index in [2.05, 4.69) is 4.99 Å². The van der Waals surface area contributed by atoms with Gasteiger partial charge in [-0.3, -0.25) is 4.99 Å². The van der Waals surface area contributed by atoms with E-state index in [1.54, 1.807) is 36.5 Å². The van der Waals surface area contributed by atoms with E-state index in [4.69, 9.17) is 4.74 Å². The van der Waals surface area contributed by atoms with Crippen molar-refractivity contribution in [1.82, 2.24) is 0 Å². The van der Waals surface area contributed by atoms with Crippen LogP contribution in [0, 0.1) is 6.92 Å². The summed E-state index contributed by atoms with van der Waals surface area (Å²) in [5, 5.41) is 9.79. The third-order valence-corrected chi connectivity index (χ3v) is 2.92. The Morgan fingerprint density at radius 3 is 2.65 bits per heavy atom. The third-order valence-electron chi connectivity index (χ3n) is 2.92. The van der Waals surface area contributed by atoms with E-state index in [-0.39, 0.29) is 5.75 Å². The number of phenols is 1. The zero-order valence-electron chi connectivity index (χ0n) is 11.3. The van der Waals surface area contributed by atoms with E-state index < -0.39 is 5.97 Å². The Hall–Kier alpha value is -2.62. The Bertz CT molecular complexity index is 642. The number of carbonyl (C=O) groups excluding carboxylic acids is 1. The predicted molar refractivity (Wildman–Crippen MR) is 77.9 cm³/mol. The fourth-order valence-corrected chi connectivity index (χ4v) is 1.85. The highest BCUT2D eigenvalue weighted by Crippen LogP contribution is 2.29. The summed E-state index contributed by atoms with van der Waals surface area (Å²) in [4.78, 5) is 15.9. The summed E-state index contributed by atoms with van der Waals surface area (Å²) in [6.07, 6.45) is 1.55. The highest BCUT2D eigenvalue weighted by Gasteiger charge is 2.09. The number of carbonyl (C=O) groups is 1. The number of hydrogen-bond donors (Lipinski definition) is 1. The lowest BCUT2D eigenvalue weighted by Crippen LogP contribution is -2.04. The molecule has 1 N–H and O–H groups in total. The highest BCUT2D eigenvalue weighted by atomic mass is 16.5. The molecule has 102 valence electrons. The van der Waals surface area contributed by atoms with Crippen molar-refractivity contribution in [2.75, 3.05) is 7.11 Å². The van der Waals surface area contributed by atoms with Gasteiger partial charge in [0.1, 0.15) is 11.4 Å². The minimum Gasteiger partial charge on any atom is -0.506 e. The number of aromatic hydroxyl groups is 1. The third kappa shape index (κ3) is 2.85. The van der Waals surface area contributed by atoms with Gasteiger partial charge >= 0.3 is 5.97 Å². The van der Waals surface area contributed by atoms with Gasteiger partial charge in [-0.05, 0) is 24.6 Å². The highest BCUT2D eigenvalue weighted by molar-refractivity contribution is 6.00. The van der Waals surface area contributed by atoms with Crippen LogP contribution in [-0.4, -0.2) is 24.4 Å². The average Bonchev–Trinajstić information content (AvgIpc) is 2.46. The Labute approximate surface area is 117 Å². The number of phenolic OH excluding ortho intramolecular Hbond substituents is 1. The van der Waals surface area contributed by atoms with E-state index in [1.807, 2.05) is 19.1 Å². The molecule has 20 heavy (non-hydrogen) atoms. The molecule has 0 heterocycles. The van der Waals surface area contributed by atoms with Gasteiger partial charge < -0.3 is 9.84 Å². The topological polar surface area (TPSA) is 58.9 Å². The number of aliphatic imine (C=N–C) groups is 1. The molecule has 0 unspecified atom stereocenters. The lowest BCUT2D eigenvalue weighted by Gasteiger charge is -2.04. The second-order valence-electron chi connectivity index (χ2n) is 4.28. The molecule has 0 aliphatic carbocycles. The molecular formula is C16H15NO3. The van der Waals surface area contributed by atoms with Crippen LogP contribution in [0.4, 0.5) is 5.69 Å². The van der Waals surface area contributed by atoms with Crippen molar-refractivity contribution in [3.8, 4) is 5.75 Å². The molecule has 0 radical (unpaired) electrons. The molecule has 0 fully saturated rings. The van der Waals surface area contributed by atoms with Crippen molar-refractivity contribution in [1.29, 1.82) is 0 Å². The number of nitrogens with zero attached hydrogens (tertiary/aromatic N) is 1. The minimum absolute atomic E-state index is 0.108. The molecule has 0 aliphatic heterocycles. The second-order valence-corrected chi connectivity index (χ2v) is 4.28. The number of ether oxygens (including phenoxy) is 1. The van der Waals surface area contributed by atoms with Crippen LogP contribution < -0.4 is 0 Å². The largest absolute Gasteiger partial charge is 0.506 e. The van der Waals surface area contributed by atoms with Gasteiger partial charge in [-0.2, -0.15) is 0 Å². The number of rotatable bonds is 3. The number of benzene rings is 2. The lowest BCUT2D eigenvalue weighted by molar-refractivity contribution is 0.0600. The van der Waals surface area contributed by atoms with Gasteiger partial charge in [-0.1, -0.05) is 30.3 Å². The van der Waals surface area contributed by atoms with Crippen LogP contribution in [0.25, 0.3) is 0 Å². The molecule has 4 nitrogen and oxygen atoms in total. The fourth-order valence-electron chi connectivity index (χ4n) is 1.85. The molecule has 0 atom stereocenters. The predicted octanol–water partition coefficient (Wildman–Crippen LogP) is 3.24. The smallest absolute Gasteiger partial charge is 0.338 e. The SMILES string of the molecule is COC(=O)c1ccccc1C=Nc1c(C)cccc1O. The maximum absolute atomic E-state index is 11.6. The molecule has 2 rings (SSSR count). The first-order chi connectivity index (χ1) is 9.63. The van der Waals surface area contributed by atoms with Gasteiger partial charge in [-0.15, -0.1) is 0 Å². The van der Waals surface area contributed by atoms with Crippen LogP contribution in [0.1, 0.15) is 21.5 Å². The number of esters is 1. The summed E-state index contributed by atoms with van der Waals surface area (Å²) in [6, 6.07) is 12.2. The van der Waals surface area contributed by atoms with Crippen molar-refractivity contribution >= 4 is 17.9 Å². The first kappa shape index (κ1) is 13.8. The van der Waals surface area contributed by atoms with Crippen molar-refractivity contribution in [3.05, 3.63) is 59.2 Å². The standard InChI is InChI=1S/C16H15NO3/c1-11-6-5-9-14(18)15(11)17-10-12-7-3-4-8-13(12)16(19)20-2/h3-10,18H,1-2H3. The molecule has 2 aromatic carbocycles. The molecular weight excluding hydrogens is 254 g/mol. The zero-order chi connectivity index (χ0) is 14.5. The average molecular weight is 269 g/mol. The Balaban J connectivity index is 2.40. The lowest BCUT2D eigenvalue weighted by atomic mass is 10.1. The molecule has 0 saturated carbocycles. The van der Waals surface area contributed by atoms with E-state index in [0.717, 1.165) is 5.56 Å². The number of aryl methyl sites for hydroxylation is 1. The number of methoxy groups -OCH3 is 1. The summed E-state index contributed by atoms with van der Waals surface area (Å²) < 4.78 is 4.73. The number of para-hydroxylation sites is 1. The van der Waals surface area contributed by atoms with E-state index in [1.165, 1.54) is 7.11 Å². The van der Waals surface area contributed by atoms with Crippen molar-refractivity contribution in [3.63, 3.8) is 0 Å². The molecule has 0 saturated heterocycles. The molecule has 0 aromatic heterocycles. The minimum atomic E-state index is -0.416. The normalized spacial score (nSPS) is 10.7. The molecule has 4 heteroatoms. The van der Waals surface area contributed by atoms with Crippen LogP contribution in [0.3, 0.4) is 0 Å². The van der Waals surface area contributed by atoms with Gasteiger partial charge in [-0.25, -0.2) is 4.79 Å². The van der Waals surface area contributed by atoms with Gasteiger partial charge in [0.25, 0.3) is 0 Å². The van der Waals surface area contributed by atoms with E-state index in [0.29, 0.717) is 16.8 Å². The van der Waals surface area contributed by atoms with Crippen LogP contribution in [0.2, 0.25) is 0 Å². The van der Waals surface area contributed by atoms with E-state index in [9.17, 15) is 9.90 Å². The van der Waals surface area contributed by atoms with Gasteiger partial charge in [0.05, 0.1) is 12.7 Å². The monoisotopic (exact) mass is 269 g/mol. The summed E-state index contributed by atoms with van der Waals surface area (Å²) in [5.41, 5.74) is 2.43. The second kappa shape index (κ2) is 6.02. The molecule has 0 bridgehead atoms. The Morgan fingerprint density at radius 1 is 1.20 bits per heavy atom. The molecule has 0 aliphatic rings. The van der Waals surface area contributed by atoms with Gasteiger partial charge in [0, 0.05) is 11.8 Å². The van der Waals surface area contributed by atoms with Crippen molar-refractivity contribution in [2.45, 2.75) is 6.92 Å². The summed E-state index contributed by atoms with van der Waals surface area (Å²) in [6.45, 7) is 1.86. The number of hydrogen-bond acceptors (Lipinski definition) is 4. The van der Waals surface area contributed by atoms with Crippen LogP contribution >= 0.6 is 0 Å². The quantitative estimate of drug-likeness (QED) is 0.687. The molecule has 0 spiro atoms. The maximum atomic E-state index is 11.6. The van der Waals surface area contributed by atoms with E-state index >= 15 is 0 Å². The summed E-state index contributed by atoms with van der Waals surface area (Å²) in [5.74, 6) is -0.308. The van der Waals surface area contributed by atoms with Crippen LogP contribution in [0.15, 0.2) is 47.5 Å². The van der Waals surface area contributed by atoms with Crippen molar-refractivity contribution < 1.29 is 14.6 Å². The molecule has 0 amide bonds.